The Morgan fingerprint density at radius 1 is 0.103 bits per heavy atom. The Labute approximate surface area is 208 Å². The highest BCUT2D eigenvalue weighted by atomic mass is 13.0. The van der Waals surface area contributed by atoms with E-state index in [9.17, 15) is 0 Å². The fourth-order valence-electron chi connectivity index (χ4n) is 0. The first-order valence-electron chi connectivity index (χ1n) is 7.00. The molecule has 0 unspecified atom stereocenters. The van der Waals surface area contributed by atoms with Gasteiger partial charge in [-0.2, -0.15) is 0 Å². The summed E-state index contributed by atoms with van der Waals surface area (Å²) in [7, 11) is 0. The average molecular weight is 451 g/mol. The van der Waals surface area contributed by atoms with Crippen LogP contribution in [0.15, 0.2) is 0 Å². The monoisotopic (exact) mass is 451 g/mol. The van der Waals surface area contributed by atoms with E-state index >= 15 is 0 Å². The predicted octanol–water partition coefficient (Wildman–Crippen LogP) is 16.7. The number of hydrogen-bond donors (Lipinski definition) is 0. The molecule has 0 fully saturated rings. The van der Waals surface area contributed by atoms with E-state index in [1.54, 1.807) is 0 Å². The maximum absolute atomic E-state index is 2.00. The molecular weight excluding hydrogens is 348 g/mol. The summed E-state index contributed by atoms with van der Waals surface area (Å²) >= 11 is 0. The Morgan fingerprint density at radius 3 is 0.103 bits per heavy atom. The molecule has 0 aliphatic heterocycles. The van der Waals surface area contributed by atoms with Gasteiger partial charge in [0.05, 0.1) is 0 Å². The lowest BCUT2D eigenvalue weighted by Gasteiger charge is -1.07. The smallest absolute Gasteiger partial charge is 0.0683 e. The molecule has 0 heterocycles. The molecule has 0 aliphatic carbocycles. The molecule has 0 aromatic heterocycles. The van der Waals surface area contributed by atoms with Crippen molar-refractivity contribution in [3.05, 3.63) is 0 Å². The van der Waals surface area contributed by atoms with Gasteiger partial charge in [0.2, 0.25) is 0 Å². The topological polar surface area (TPSA) is 0 Å². The molecule has 0 amide bonds. The largest absolute Gasteiger partial charge is 0.0776 e. The van der Waals surface area contributed by atoms with Gasteiger partial charge in [-0.25, -0.2) is 0 Å². The van der Waals surface area contributed by atoms with Crippen LogP contribution in [-0.4, -0.2) is 0 Å². The van der Waals surface area contributed by atoms with Crippen LogP contribution in [0.5, 0.6) is 0 Å². The summed E-state index contributed by atoms with van der Waals surface area (Å²) in [6.07, 6.45) is 0. The van der Waals surface area contributed by atoms with Gasteiger partial charge < -0.3 is 0 Å². The molecule has 0 bridgehead atoms. The fourth-order valence-corrected chi connectivity index (χ4v) is 0. The van der Waals surface area contributed by atoms with Crippen LogP contribution in [0.1, 0.15) is 208 Å². The van der Waals surface area contributed by atoms with Gasteiger partial charge in [-0.15, -0.1) is 0 Å². The van der Waals surface area contributed by atoms with E-state index < -0.39 is 0 Å². The van der Waals surface area contributed by atoms with Crippen LogP contribution in [0, 0.1) is 0 Å². The molecule has 29 heavy (non-hydrogen) atoms. The standard InChI is InChI=1S/7C2H6.15CH4/c7*1-2;;;;;;;;;;;;;;;/h7*1-2H3;15*1H4. The molecule has 0 N–H and O–H groups in total. The first kappa shape index (κ1) is 464. The van der Waals surface area contributed by atoms with Gasteiger partial charge in [0.25, 0.3) is 0 Å². The highest BCUT2D eigenvalue weighted by molar-refractivity contribution is 3.52. The zero-order chi connectivity index (χ0) is 14.0. The molecule has 0 aliphatic rings. The Balaban J connectivity index is -0.000000000907. The Kier molecular flexibility index (Phi) is 0. The Bertz CT molecular complexity index is 0. The van der Waals surface area contributed by atoms with Crippen molar-refractivity contribution in [1.29, 1.82) is 0 Å². The molecule has 0 radical (unpaired) electrons. The van der Waals surface area contributed by atoms with Gasteiger partial charge in [-0.1, -0.05) is 208 Å². The molecule has 0 atom stereocenters. The summed E-state index contributed by atoms with van der Waals surface area (Å²) in [5.74, 6) is 0. The van der Waals surface area contributed by atoms with E-state index in [-0.39, 0.29) is 111 Å². The van der Waals surface area contributed by atoms with Crippen molar-refractivity contribution >= 4 is 0 Å². The Hall–Kier alpha value is 0. The van der Waals surface area contributed by atoms with E-state index in [4.69, 9.17) is 0 Å². The molecule has 0 spiro atoms. The summed E-state index contributed by atoms with van der Waals surface area (Å²) in [5, 5.41) is 0. The lowest BCUT2D eigenvalue weighted by Crippen LogP contribution is -0.856. The van der Waals surface area contributed by atoms with E-state index in [0.717, 1.165) is 0 Å². The average Bonchev–Trinajstić information content (AvgIpc) is 2.45. The van der Waals surface area contributed by atoms with Crippen molar-refractivity contribution in [2.24, 2.45) is 0 Å². The zero-order valence-corrected chi connectivity index (χ0v) is 14.0. The third-order valence-corrected chi connectivity index (χ3v) is 0. The Morgan fingerprint density at radius 2 is 0.103 bits per heavy atom. The van der Waals surface area contributed by atoms with Gasteiger partial charge in [0, 0.05) is 0 Å². The second-order valence-electron chi connectivity index (χ2n) is 0. The molecule has 218 valence electrons. The SMILES string of the molecule is C.C.C.C.C.C.C.C.C.C.C.C.C.C.C.CC.CC.CC.CC.CC.CC.CC. The van der Waals surface area contributed by atoms with Crippen LogP contribution in [0.2, 0.25) is 0 Å². The lowest BCUT2D eigenvalue weighted by molar-refractivity contribution is 1.50. The minimum atomic E-state index is 0. The minimum absolute atomic E-state index is 0. The highest BCUT2D eigenvalue weighted by Crippen LogP contribution is 1.16. The maximum atomic E-state index is 2.00. The molecule has 0 aromatic rings. The van der Waals surface area contributed by atoms with Crippen molar-refractivity contribution in [3.63, 3.8) is 0 Å². The van der Waals surface area contributed by atoms with Crippen molar-refractivity contribution in [2.75, 3.05) is 0 Å². The van der Waals surface area contributed by atoms with Gasteiger partial charge in [0.1, 0.15) is 0 Å². The number of hydrogen-bond acceptors (Lipinski definition) is 0. The van der Waals surface area contributed by atoms with Crippen LogP contribution < -0.4 is 0 Å². The fraction of sp³-hybridized carbons (Fsp3) is 1.00. The molecule has 0 saturated carbocycles. The summed E-state index contributed by atoms with van der Waals surface area (Å²) < 4.78 is 0. The van der Waals surface area contributed by atoms with Crippen molar-refractivity contribution in [3.8, 4) is 0 Å². The van der Waals surface area contributed by atoms with Crippen molar-refractivity contribution in [1.82, 2.24) is 0 Å². The van der Waals surface area contributed by atoms with E-state index in [1.807, 2.05) is 96.9 Å². The summed E-state index contributed by atoms with van der Waals surface area (Å²) in [5.41, 5.74) is 0. The van der Waals surface area contributed by atoms with Crippen LogP contribution in [0.4, 0.5) is 0 Å². The molecule has 0 saturated heterocycles. The van der Waals surface area contributed by atoms with Gasteiger partial charge >= 0.3 is 0 Å². The summed E-state index contributed by atoms with van der Waals surface area (Å²) in [4.78, 5) is 0. The summed E-state index contributed by atoms with van der Waals surface area (Å²) in [6.45, 7) is 28.0. The first-order chi connectivity index (χ1) is 7.00. The van der Waals surface area contributed by atoms with E-state index in [0.29, 0.717) is 0 Å². The molecule has 0 rings (SSSR count). The maximum Gasteiger partial charge on any atom is -0.0683 e. The normalized spacial score (nSPS) is 1.45. The first-order valence-corrected chi connectivity index (χ1v) is 7.00. The lowest BCUT2D eigenvalue weighted by atomic mass is 11.0. The number of rotatable bonds is 0. The second-order valence-corrected chi connectivity index (χ2v) is 0. The van der Waals surface area contributed by atoms with Crippen LogP contribution in [-0.2, 0) is 0 Å². The highest BCUT2D eigenvalue weighted by Gasteiger charge is 0.944. The van der Waals surface area contributed by atoms with Crippen molar-refractivity contribution < 1.29 is 0 Å². The predicted molar refractivity (Wildman–Crippen MR) is 180 cm³/mol. The van der Waals surface area contributed by atoms with Crippen LogP contribution in [0.25, 0.3) is 0 Å². The third kappa shape index (κ3) is 0. The molecule has 0 aromatic carbocycles. The molecular formula is C29H102. The molecule has 0 heteroatoms. The van der Waals surface area contributed by atoms with E-state index in [2.05, 4.69) is 0 Å². The van der Waals surface area contributed by atoms with Gasteiger partial charge in [-0.3, -0.25) is 0 Å². The van der Waals surface area contributed by atoms with Crippen molar-refractivity contribution in [2.45, 2.75) is 208 Å². The quantitative estimate of drug-likeness (QED) is 0.344. The summed E-state index contributed by atoms with van der Waals surface area (Å²) in [6, 6.07) is 0. The van der Waals surface area contributed by atoms with Crippen LogP contribution >= 0.6 is 0 Å². The second kappa shape index (κ2) is 0. The minimum Gasteiger partial charge on any atom is -0.0776 e. The molecule has 0 nitrogen and oxygen atoms in total. The van der Waals surface area contributed by atoms with Gasteiger partial charge in [-0.05, 0) is 0 Å². The third-order valence-electron chi connectivity index (χ3n) is 0. The van der Waals surface area contributed by atoms with Crippen LogP contribution in [0.3, 0.4) is 0 Å². The zero-order valence-electron chi connectivity index (χ0n) is 14.0. The van der Waals surface area contributed by atoms with Gasteiger partial charge in [0.15, 0.2) is 0 Å². The van der Waals surface area contributed by atoms with E-state index in [1.165, 1.54) is 0 Å².